The first kappa shape index (κ1) is 15.7. The Morgan fingerprint density at radius 1 is 1.25 bits per heavy atom. The van der Waals surface area contributed by atoms with Crippen LogP contribution in [0, 0.1) is 0 Å². The van der Waals surface area contributed by atoms with E-state index in [1.54, 1.807) is 7.05 Å². The lowest BCUT2D eigenvalue weighted by Crippen LogP contribution is -2.56. The van der Waals surface area contributed by atoms with Gasteiger partial charge in [0.25, 0.3) is 10.2 Å². The van der Waals surface area contributed by atoms with Gasteiger partial charge in [-0.2, -0.15) is 17.0 Å². The number of hydrogen-bond donors (Lipinski definition) is 1. The van der Waals surface area contributed by atoms with Crippen LogP contribution in [0.2, 0.25) is 0 Å². The van der Waals surface area contributed by atoms with Gasteiger partial charge in [0.15, 0.2) is 0 Å². The third kappa shape index (κ3) is 2.58. The van der Waals surface area contributed by atoms with Crippen molar-refractivity contribution in [2.75, 3.05) is 13.6 Å². The van der Waals surface area contributed by atoms with Crippen molar-refractivity contribution in [2.45, 2.75) is 63.5 Å². The summed E-state index contributed by atoms with van der Waals surface area (Å²) < 4.78 is 28.1. The number of nitrogens with zero attached hydrogens (tertiary/aromatic N) is 2. The molecule has 0 radical (unpaired) electrons. The van der Waals surface area contributed by atoms with Gasteiger partial charge < -0.3 is 5.11 Å². The molecule has 1 saturated heterocycles. The predicted octanol–water partition coefficient (Wildman–Crippen LogP) is 1.43. The standard InChI is InChI=1S/C13H24N2O4S/c1-13(12(16)17)9-6-10-15(13)20(18,19)14(2)11-7-4-3-5-8-11/h11H,3-10H2,1-2H3,(H,16,17). The van der Waals surface area contributed by atoms with Gasteiger partial charge in [-0.1, -0.05) is 19.3 Å². The molecule has 1 aliphatic carbocycles. The Labute approximate surface area is 120 Å². The van der Waals surface area contributed by atoms with Crippen LogP contribution in [-0.2, 0) is 15.0 Å². The van der Waals surface area contributed by atoms with Crippen LogP contribution in [-0.4, -0.2) is 53.3 Å². The van der Waals surface area contributed by atoms with E-state index in [1.807, 2.05) is 0 Å². The van der Waals surface area contributed by atoms with Crippen molar-refractivity contribution in [3.63, 3.8) is 0 Å². The largest absolute Gasteiger partial charge is 0.480 e. The normalized spacial score (nSPS) is 29.9. The topological polar surface area (TPSA) is 77.9 Å². The highest BCUT2D eigenvalue weighted by Gasteiger charge is 2.51. The van der Waals surface area contributed by atoms with Gasteiger partial charge in [0.2, 0.25) is 0 Å². The third-order valence-corrected chi connectivity index (χ3v) is 6.94. The molecule has 2 rings (SSSR count). The summed E-state index contributed by atoms with van der Waals surface area (Å²) in [7, 11) is -2.12. The van der Waals surface area contributed by atoms with Crippen molar-refractivity contribution < 1.29 is 18.3 Å². The first-order valence-electron chi connectivity index (χ1n) is 7.29. The second kappa shape index (κ2) is 5.61. The molecule has 1 heterocycles. The summed E-state index contributed by atoms with van der Waals surface area (Å²) in [5, 5.41) is 9.37. The van der Waals surface area contributed by atoms with E-state index in [0.29, 0.717) is 19.4 Å². The number of aliphatic carboxylic acids is 1. The Hall–Kier alpha value is -0.660. The van der Waals surface area contributed by atoms with Crippen LogP contribution in [0.15, 0.2) is 0 Å². The van der Waals surface area contributed by atoms with E-state index in [9.17, 15) is 18.3 Å². The number of carboxylic acids is 1. The Morgan fingerprint density at radius 2 is 1.85 bits per heavy atom. The molecule has 6 nitrogen and oxygen atoms in total. The fraction of sp³-hybridized carbons (Fsp3) is 0.923. The van der Waals surface area contributed by atoms with Crippen LogP contribution in [0.5, 0.6) is 0 Å². The smallest absolute Gasteiger partial charge is 0.324 e. The highest BCUT2D eigenvalue weighted by molar-refractivity contribution is 7.86. The average molecular weight is 304 g/mol. The van der Waals surface area contributed by atoms with Crippen molar-refractivity contribution in [3.8, 4) is 0 Å². The molecule has 116 valence electrons. The lowest BCUT2D eigenvalue weighted by Gasteiger charge is -2.37. The molecular formula is C13H24N2O4S. The highest BCUT2D eigenvalue weighted by Crippen LogP contribution is 2.34. The first-order valence-corrected chi connectivity index (χ1v) is 8.69. The zero-order valence-corrected chi connectivity index (χ0v) is 13.0. The molecule has 1 aliphatic heterocycles. The van der Waals surface area contributed by atoms with Gasteiger partial charge in [-0.25, -0.2) is 0 Å². The second-order valence-electron chi connectivity index (χ2n) is 6.07. The molecule has 20 heavy (non-hydrogen) atoms. The van der Waals surface area contributed by atoms with Gasteiger partial charge in [-0.3, -0.25) is 4.79 Å². The average Bonchev–Trinajstić information content (AvgIpc) is 2.83. The fourth-order valence-corrected chi connectivity index (χ4v) is 5.25. The van der Waals surface area contributed by atoms with Crippen LogP contribution >= 0.6 is 0 Å². The van der Waals surface area contributed by atoms with Crippen LogP contribution in [0.4, 0.5) is 0 Å². The van der Waals surface area contributed by atoms with Crippen LogP contribution in [0.25, 0.3) is 0 Å². The van der Waals surface area contributed by atoms with E-state index in [4.69, 9.17) is 0 Å². The summed E-state index contributed by atoms with van der Waals surface area (Å²) in [6.07, 6.45) is 5.95. The molecular weight excluding hydrogens is 280 g/mol. The predicted molar refractivity (Wildman–Crippen MR) is 75.5 cm³/mol. The zero-order valence-electron chi connectivity index (χ0n) is 12.2. The summed E-state index contributed by atoms with van der Waals surface area (Å²) in [5.74, 6) is -1.06. The monoisotopic (exact) mass is 304 g/mol. The van der Waals surface area contributed by atoms with Gasteiger partial charge in [0.1, 0.15) is 5.54 Å². The minimum Gasteiger partial charge on any atom is -0.480 e. The van der Waals surface area contributed by atoms with Crippen LogP contribution < -0.4 is 0 Å². The summed E-state index contributed by atoms with van der Waals surface area (Å²) in [6, 6.07) is 0.00685. The molecule has 2 aliphatic rings. The van der Waals surface area contributed by atoms with Crippen molar-refractivity contribution in [2.24, 2.45) is 0 Å². The molecule has 0 aromatic heterocycles. The SMILES string of the molecule is CN(C1CCCCC1)S(=O)(=O)N1CCCC1(C)C(=O)O. The van der Waals surface area contributed by atoms with Gasteiger partial charge in [-0.05, 0) is 32.6 Å². The molecule has 0 spiro atoms. The van der Waals surface area contributed by atoms with Crippen molar-refractivity contribution in [1.29, 1.82) is 0 Å². The number of carboxylic acid groups (broad SMARTS) is 1. The van der Waals surface area contributed by atoms with Crippen LogP contribution in [0.3, 0.4) is 0 Å². The van der Waals surface area contributed by atoms with E-state index in [-0.39, 0.29) is 6.04 Å². The van der Waals surface area contributed by atoms with Crippen molar-refractivity contribution >= 4 is 16.2 Å². The Morgan fingerprint density at radius 3 is 2.40 bits per heavy atom. The Bertz CT molecular complexity index is 473. The molecule has 1 N–H and O–H groups in total. The quantitative estimate of drug-likeness (QED) is 0.852. The maximum Gasteiger partial charge on any atom is 0.324 e. The molecule has 0 aromatic carbocycles. The van der Waals surface area contributed by atoms with E-state index in [0.717, 1.165) is 32.1 Å². The molecule has 1 atom stereocenters. The van der Waals surface area contributed by atoms with Gasteiger partial charge in [-0.15, -0.1) is 0 Å². The fourth-order valence-electron chi connectivity index (χ4n) is 3.31. The minimum atomic E-state index is -3.71. The maximum atomic E-state index is 12.7. The Balaban J connectivity index is 2.23. The van der Waals surface area contributed by atoms with Crippen molar-refractivity contribution in [3.05, 3.63) is 0 Å². The number of carbonyl (C=O) groups is 1. The lowest BCUT2D eigenvalue weighted by molar-refractivity contribution is -0.146. The number of hydrogen-bond acceptors (Lipinski definition) is 3. The molecule has 0 amide bonds. The molecule has 0 bridgehead atoms. The highest BCUT2D eigenvalue weighted by atomic mass is 32.2. The van der Waals surface area contributed by atoms with Crippen molar-refractivity contribution in [1.82, 2.24) is 8.61 Å². The second-order valence-corrected chi connectivity index (χ2v) is 7.98. The van der Waals surface area contributed by atoms with E-state index in [2.05, 4.69) is 0 Å². The summed E-state index contributed by atoms with van der Waals surface area (Å²) in [6.45, 7) is 1.80. The molecule has 2 fully saturated rings. The molecule has 1 saturated carbocycles. The van der Waals surface area contributed by atoms with E-state index >= 15 is 0 Å². The summed E-state index contributed by atoms with van der Waals surface area (Å²) >= 11 is 0. The molecule has 0 aromatic rings. The molecule has 1 unspecified atom stereocenters. The van der Waals surface area contributed by atoms with Gasteiger partial charge >= 0.3 is 5.97 Å². The third-order valence-electron chi connectivity index (χ3n) is 4.77. The summed E-state index contributed by atoms with van der Waals surface area (Å²) in [5.41, 5.74) is -1.30. The van der Waals surface area contributed by atoms with E-state index < -0.39 is 21.7 Å². The van der Waals surface area contributed by atoms with Gasteiger partial charge in [0, 0.05) is 19.6 Å². The zero-order chi connectivity index (χ0) is 15.0. The minimum absolute atomic E-state index is 0.00685. The van der Waals surface area contributed by atoms with E-state index in [1.165, 1.54) is 15.5 Å². The molecule has 7 heteroatoms. The summed E-state index contributed by atoms with van der Waals surface area (Å²) in [4.78, 5) is 11.5. The van der Waals surface area contributed by atoms with Crippen LogP contribution in [0.1, 0.15) is 51.9 Å². The van der Waals surface area contributed by atoms with Gasteiger partial charge in [0.05, 0.1) is 0 Å². The number of rotatable bonds is 4. The Kier molecular flexibility index (Phi) is 4.41. The maximum absolute atomic E-state index is 12.7. The lowest BCUT2D eigenvalue weighted by atomic mass is 9.96. The first-order chi connectivity index (χ1) is 9.30.